The summed E-state index contributed by atoms with van der Waals surface area (Å²) in [4.78, 5) is 28.4. The molecule has 0 bridgehead atoms. The van der Waals surface area contributed by atoms with Gasteiger partial charge in [-0.15, -0.1) is 0 Å². The van der Waals surface area contributed by atoms with Gasteiger partial charge < -0.3 is 5.32 Å². The van der Waals surface area contributed by atoms with Gasteiger partial charge in [-0.05, 0) is 50.1 Å². The second-order valence-electron chi connectivity index (χ2n) is 9.28. The minimum Gasteiger partial charge on any atom is -0.323 e. The third-order valence-corrected chi connectivity index (χ3v) is 6.15. The summed E-state index contributed by atoms with van der Waals surface area (Å²) in [5, 5.41) is 2.92. The number of urea groups is 1. The van der Waals surface area contributed by atoms with Crippen molar-refractivity contribution in [3.8, 4) is 0 Å². The Labute approximate surface area is 165 Å². The second kappa shape index (κ2) is 7.43. The van der Waals surface area contributed by atoms with Gasteiger partial charge in [0.2, 0.25) is 0 Å². The van der Waals surface area contributed by atoms with Crippen LogP contribution < -0.4 is 5.32 Å². The average Bonchev–Trinajstić information content (AvgIpc) is 2.81. The monoisotopic (exact) mass is 393 g/mol. The highest BCUT2D eigenvalue weighted by Crippen LogP contribution is 2.43. The van der Waals surface area contributed by atoms with Gasteiger partial charge >= 0.3 is 6.03 Å². The van der Waals surface area contributed by atoms with Gasteiger partial charge in [0.1, 0.15) is 17.2 Å². The molecular formula is C21H29F2N3O2. The molecule has 1 aromatic rings. The summed E-state index contributed by atoms with van der Waals surface area (Å²) in [6.07, 6.45) is 3.10. The van der Waals surface area contributed by atoms with Gasteiger partial charge in [0.05, 0.1) is 6.67 Å². The number of carbonyl (C=O) groups is 2. The largest absolute Gasteiger partial charge is 0.326 e. The number of halogens is 2. The van der Waals surface area contributed by atoms with E-state index in [1.807, 2.05) is 0 Å². The van der Waals surface area contributed by atoms with Crippen molar-refractivity contribution < 1.29 is 18.4 Å². The molecular weight excluding hydrogens is 364 g/mol. The quantitative estimate of drug-likeness (QED) is 0.790. The molecule has 28 heavy (non-hydrogen) atoms. The molecule has 0 atom stereocenters. The molecule has 2 fully saturated rings. The van der Waals surface area contributed by atoms with Crippen LogP contribution in [0.1, 0.15) is 52.0 Å². The summed E-state index contributed by atoms with van der Waals surface area (Å²) in [5.41, 5.74) is -0.302. The Morgan fingerprint density at radius 3 is 2.43 bits per heavy atom. The maximum absolute atomic E-state index is 13.9. The fourth-order valence-corrected chi connectivity index (χ4v) is 4.35. The molecule has 1 saturated carbocycles. The minimum atomic E-state index is -0.805. The van der Waals surface area contributed by atoms with Gasteiger partial charge in [-0.1, -0.05) is 26.8 Å². The van der Waals surface area contributed by atoms with Crippen LogP contribution in [0.25, 0.3) is 0 Å². The van der Waals surface area contributed by atoms with Crippen molar-refractivity contribution >= 4 is 11.9 Å². The number of imide groups is 1. The summed E-state index contributed by atoms with van der Waals surface area (Å²) in [6, 6.07) is 3.01. The standard InChI is InChI=1S/C21H29F2N3O2/c1-20(2,3)15-7-9-21(10-8-15)18(27)26(19(28)24-21)13-25(4)12-14-5-6-16(22)11-17(14)23/h5-6,11,15H,7-10,12-13H2,1-4H3,(H,24,28). The Kier molecular flexibility index (Phi) is 5.49. The number of hydrogen-bond acceptors (Lipinski definition) is 3. The van der Waals surface area contributed by atoms with E-state index in [0.29, 0.717) is 24.3 Å². The summed E-state index contributed by atoms with van der Waals surface area (Å²) in [6.45, 7) is 6.86. The number of nitrogens with zero attached hydrogens (tertiary/aromatic N) is 2. The zero-order chi connectivity index (χ0) is 20.7. The third-order valence-electron chi connectivity index (χ3n) is 6.15. The number of rotatable bonds is 4. The Balaban J connectivity index is 1.64. The lowest BCUT2D eigenvalue weighted by molar-refractivity contribution is -0.134. The zero-order valence-corrected chi connectivity index (χ0v) is 17.0. The van der Waals surface area contributed by atoms with E-state index in [2.05, 4.69) is 26.1 Å². The normalized spacial score (nSPS) is 25.7. The Bertz CT molecular complexity index is 767. The van der Waals surface area contributed by atoms with Crippen LogP contribution in [0.4, 0.5) is 13.6 Å². The topological polar surface area (TPSA) is 52.6 Å². The molecule has 1 N–H and O–H groups in total. The van der Waals surface area contributed by atoms with Crippen molar-refractivity contribution in [3.63, 3.8) is 0 Å². The second-order valence-corrected chi connectivity index (χ2v) is 9.28. The lowest BCUT2D eigenvalue weighted by atomic mass is 9.67. The smallest absolute Gasteiger partial charge is 0.323 e. The number of carbonyl (C=O) groups excluding carboxylic acids is 2. The van der Waals surface area contributed by atoms with Crippen molar-refractivity contribution in [1.29, 1.82) is 0 Å². The summed E-state index contributed by atoms with van der Waals surface area (Å²) in [5.74, 6) is -0.941. The maximum Gasteiger partial charge on any atom is 0.326 e. The molecule has 0 aromatic heterocycles. The zero-order valence-electron chi connectivity index (χ0n) is 17.0. The highest BCUT2D eigenvalue weighted by Gasteiger charge is 2.53. The summed E-state index contributed by atoms with van der Waals surface area (Å²) >= 11 is 0. The molecule has 7 heteroatoms. The van der Waals surface area contributed by atoms with Crippen LogP contribution in [0, 0.1) is 23.0 Å². The van der Waals surface area contributed by atoms with Gasteiger partial charge in [-0.3, -0.25) is 9.69 Å². The van der Waals surface area contributed by atoms with Crippen molar-refractivity contribution in [3.05, 3.63) is 35.4 Å². The van der Waals surface area contributed by atoms with E-state index < -0.39 is 23.2 Å². The van der Waals surface area contributed by atoms with E-state index in [0.717, 1.165) is 18.9 Å². The minimum absolute atomic E-state index is 0.0614. The summed E-state index contributed by atoms with van der Waals surface area (Å²) in [7, 11) is 1.70. The van der Waals surface area contributed by atoms with Gasteiger partial charge in [-0.2, -0.15) is 0 Å². The maximum atomic E-state index is 13.9. The van der Waals surface area contributed by atoms with Crippen LogP contribution in [-0.2, 0) is 11.3 Å². The first kappa shape index (κ1) is 20.7. The third kappa shape index (κ3) is 4.04. The molecule has 0 radical (unpaired) electrons. The van der Waals surface area contributed by atoms with Crippen LogP contribution in [0.15, 0.2) is 18.2 Å². The Hall–Kier alpha value is -2.02. The lowest BCUT2D eigenvalue weighted by Gasteiger charge is -2.40. The van der Waals surface area contributed by atoms with Crippen molar-refractivity contribution in [2.24, 2.45) is 11.3 Å². The molecule has 1 aliphatic heterocycles. The number of amides is 3. The van der Waals surface area contributed by atoms with Crippen LogP contribution in [0.3, 0.4) is 0 Å². The predicted molar refractivity (Wildman–Crippen MR) is 102 cm³/mol. The number of benzene rings is 1. The fraction of sp³-hybridized carbons (Fsp3) is 0.619. The van der Waals surface area contributed by atoms with E-state index >= 15 is 0 Å². The van der Waals surface area contributed by atoms with E-state index in [1.54, 1.807) is 11.9 Å². The molecule has 1 aliphatic carbocycles. The van der Waals surface area contributed by atoms with E-state index in [-0.39, 0.29) is 24.5 Å². The van der Waals surface area contributed by atoms with E-state index in [4.69, 9.17) is 0 Å². The molecule has 3 rings (SSSR count). The molecule has 154 valence electrons. The van der Waals surface area contributed by atoms with Gasteiger partial charge in [0.25, 0.3) is 5.91 Å². The van der Waals surface area contributed by atoms with Crippen LogP contribution in [0.5, 0.6) is 0 Å². The van der Waals surface area contributed by atoms with E-state index in [9.17, 15) is 18.4 Å². The highest BCUT2D eigenvalue weighted by molar-refractivity contribution is 6.07. The SMILES string of the molecule is CN(Cc1ccc(F)cc1F)CN1C(=O)NC2(CCC(C(C)(C)C)CC2)C1=O. The lowest BCUT2D eigenvalue weighted by Crippen LogP contribution is -2.51. The first-order chi connectivity index (χ1) is 13.0. The average molecular weight is 393 g/mol. The van der Waals surface area contributed by atoms with Gasteiger partial charge in [0.15, 0.2) is 0 Å². The first-order valence-electron chi connectivity index (χ1n) is 9.78. The molecule has 1 heterocycles. The molecule has 3 amide bonds. The highest BCUT2D eigenvalue weighted by atomic mass is 19.1. The van der Waals surface area contributed by atoms with Crippen molar-refractivity contribution in [2.45, 2.75) is 58.5 Å². The van der Waals surface area contributed by atoms with Crippen molar-refractivity contribution in [2.75, 3.05) is 13.7 Å². The Morgan fingerprint density at radius 2 is 1.86 bits per heavy atom. The molecule has 2 aliphatic rings. The summed E-state index contributed by atoms with van der Waals surface area (Å²) < 4.78 is 26.9. The fourth-order valence-electron chi connectivity index (χ4n) is 4.35. The van der Waals surface area contributed by atoms with E-state index in [1.165, 1.54) is 17.0 Å². The van der Waals surface area contributed by atoms with Crippen LogP contribution in [0.2, 0.25) is 0 Å². The molecule has 0 unspecified atom stereocenters. The van der Waals surface area contributed by atoms with Gasteiger partial charge in [-0.25, -0.2) is 18.5 Å². The predicted octanol–water partition coefficient (Wildman–Crippen LogP) is 3.88. The van der Waals surface area contributed by atoms with Crippen LogP contribution in [-0.4, -0.2) is 41.0 Å². The number of hydrogen-bond donors (Lipinski definition) is 1. The van der Waals surface area contributed by atoms with Crippen LogP contribution >= 0.6 is 0 Å². The molecule has 1 saturated heterocycles. The van der Waals surface area contributed by atoms with Crippen molar-refractivity contribution in [1.82, 2.24) is 15.1 Å². The number of nitrogens with one attached hydrogen (secondary N) is 1. The molecule has 1 spiro atoms. The first-order valence-corrected chi connectivity index (χ1v) is 9.78. The molecule has 1 aromatic carbocycles. The Morgan fingerprint density at radius 1 is 1.21 bits per heavy atom. The molecule has 5 nitrogen and oxygen atoms in total. The van der Waals surface area contributed by atoms with Gasteiger partial charge in [0, 0.05) is 18.2 Å².